The highest BCUT2D eigenvalue weighted by Crippen LogP contribution is 2.22. The zero-order valence-electron chi connectivity index (χ0n) is 6.69. The minimum Gasteiger partial charge on any atom is -0.494 e. The van der Waals surface area contributed by atoms with Gasteiger partial charge in [-0.2, -0.15) is 0 Å². The van der Waals surface area contributed by atoms with Gasteiger partial charge >= 0.3 is 0 Å². The number of pyridine rings is 1. The second-order valence-corrected chi connectivity index (χ2v) is 4.05. The van der Waals surface area contributed by atoms with E-state index in [1.165, 1.54) is 19.2 Å². The molecule has 0 aromatic carbocycles. The number of hydrogen-bond donors (Lipinski definition) is 1. The van der Waals surface area contributed by atoms with Gasteiger partial charge in [0.25, 0.3) is 10.0 Å². The van der Waals surface area contributed by atoms with Crippen LogP contribution in [-0.2, 0) is 10.0 Å². The lowest BCUT2D eigenvalue weighted by Crippen LogP contribution is -2.13. The molecule has 0 fully saturated rings. The molecule has 0 unspecified atom stereocenters. The Bertz CT molecular complexity index is 418. The maximum absolute atomic E-state index is 10.8. The number of halogens is 1. The number of nitrogens with zero attached hydrogens (tertiary/aromatic N) is 1. The van der Waals surface area contributed by atoms with E-state index >= 15 is 0 Å². The SMILES string of the molecule is COc1ccc(S(N)(=O)=O)nc1Cl. The molecule has 1 rings (SSSR count). The summed E-state index contributed by atoms with van der Waals surface area (Å²) < 4.78 is 26.4. The molecule has 0 atom stereocenters. The quantitative estimate of drug-likeness (QED) is 0.734. The molecule has 13 heavy (non-hydrogen) atoms. The number of hydrogen-bond acceptors (Lipinski definition) is 4. The maximum atomic E-state index is 10.8. The Labute approximate surface area is 80.5 Å². The number of nitrogens with two attached hydrogens (primary N) is 1. The first-order chi connectivity index (χ1) is 5.95. The van der Waals surface area contributed by atoms with Crippen LogP contribution in [-0.4, -0.2) is 20.5 Å². The smallest absolute Gasteiger partial charge is 0.255 e. The van der Waals surface area contributed by atoms with Gasteiger partial charge in [0, 0.05) is 0 Å². The summed E-state index contributed by atoms with van der Waals surface area (Å²) in [5.74, 6) is 0.300. The van der Waals surface area contributed by atoms with Crippen molar-refractivity contribution in [2.45, 2.75) is 5.03 Å². The van der Waals surface area contributed by atoms with Crippen LogP contribution in [0.2, 0.25) is 5.15 Å². The summed E-state index contributed by atoms with van der Waals surface area (Å²) in [6, 6.07) is 2.61. The fourth-order valence-electron chi connectivity index (χ4n) is 0.716. The average Bonchev–Trinajstić information content (AvgIpc) is 2.02. The van der Waals surface area contributed by atoms with Crippen LogP contribution in [0.1, 0.15) is 0 Å². The average molecular weight is 223 g/mol. The number of aromatic nitrogens is 1. The number of methoxy groups -OCH3 is 1. The van der Waals surface area contributed by atoms with Gasteiger partial charge in [-0.05, 0) is 12.1 Å². The fourth-order valence-corrected chi connectivity index (χ4v) is 1.47. The predicted molar refractivity (Wildman–Crippen MR) is 47.2 cm³/mol. The van der Waals surface area contributed by atoms with Gasteiger partial charge in [0.2, 0.25) is 0 Å². The molecule has 1 heterocycles. The highest BCUT2D eigenvalue weighted by Gasteiger charge is 2.12. The lowest BCUT2D eigenvalue weighted by molar-refractivity contribution is 0.412. The van der Waals surface area contributed by atoms with Gasteiger partial charge in [-0.15, -0.1) is 0 Å². The van der Waals surface area contributed by atoms with Crippen molar-refractivity contribution < 1.29 is 13.2 Å². The van der Waals surface area contributed by atoms with Crippen LogP contribution in [0.15, 0.2) is 17.2 Å². The van der Waals surface area contributed by atoms with Gasteiger partial charge in [-0.1, -0.05) is 11.6 Å². The Hall–Kier alpha value is -0.850. The lowest BCUT2D eigenvalue weighted by atomic mass is 10.5. The molecule has 0 bridgehead atoms. The summed E-state index contributed by atoms with van der Waals surface area (Å²) in [5, 5.41) is 4.51. The van der Waals surface area contributed by atoms with E-state index in [9.17, 15) is 8.42 Å². The molecule has 7 heteroatoms. The van der Waals surface area contributed by atoms with Crippen LogP contribution in [0.5, 0.6) is 5.75 Å². The minimum atomic E-state index is -3.80. The van der Waals surface area contributed by atoms with Crippen molar-refractivity contribution in [1.29, 1.82) is 0 Å². The maximum Gasteiger partial charge on any atom is 0.255 e. The highest BCUT2D eigenvalue weighted by molar-refractivity contribution is 7.89. The first kappa shape index (κ1) is 10.2. The molecule has 5 nitrogen and oxygen atoms in total. The largest absolute Gasteiger partial charge is 0.494 e. The molecule has 0 saturated carbocycles. The molecule has 0 spiro atoms. The Kier molecular flexibility index (Phi) is 2.74. The van der Waals surface area contributed by atoms with E-state index in [0.29, 0.717) is 5.75 Å². The van der Waals surface area contributed by atoms with Gasteiger partial charge in [-0.25, -0.2) is 18.5 Å². The zero-order valence-corrected chi connectivity index (χ0v) is 8.26. The Morgan fingerprint density at radius 3 is 2.54 bits per heavy atom. The summed E-state index contributed by atoms with van der Waals surface area (Å²) >= 11 is 5.58. The predicted octanol–water partition coefficient (Wildman–Crippen LogP) is 0.391. The summed E-state index contributed by atoms with van der Waals surface area (Å²) in [7, 11) is -2.40. The fraction of sp³-hybridized carbons (Fsp3) is 0.167. The van der Waals surface area contributed by atoms with E-state index in [1.54, 1.807) is 0 Å². The standard InChI is InChI=1S/C6H7ClN2O3S/c1-12-4-2-3-5(9-6(4)7)13(8,10)11/h2-3H,1H3,(H2,8,10,11). The summed E-state index contributed by atoms with van der Waals surface area (Å²) in [5.41, 5.74) is 0. The third-order valence-electron chi connectivity index (χ3n) is 1.30. The molecule has 1 aromatic heterocycles. The topological polar surface area (TPSA) is 82.3 Å². The normalized spacial score (nSPS) is 11.3. The van der Waals surface area contributed by atoms with E-state index < -0.39 is 10.0 Å². The van der Waals surface area contributed by atoms with Crippen molar-refractivity contribution in [3.05, 3.63) is 17.3 Å². The van der Waals surface area contributed by atoms with E-state index in [2.05, 4.69) is 4.98 Å². The Morgan fingerprint density at radius 1 is 1.54 bits per heavy atom. The summed E-state index contributed by atoms with van der Waals surface area (Å²) in [6.45, 7) is 0. The van der Waals surface area contributed by atoms with Crippen LogP contribution < -0.4 is 9.88 Å². The second-order valence-electron chi connectivity index (χ2n) is 2.19. The molecule has 0 saturated heterocycles. The van der Waals surface area contributed by atoms with Gasteiger partial charge in [0.05, 0.1) is 7.11 Å². The van der Waals surface area contributed by atoms with Gasteiger partial charge in [0.1, 0.15) is 0 Å². The molecule has 0 amide bonds. The van der Waals surface area contributed by atoms with Gasteiger partial charge < -0.3 is 4.74 Å². The molecule has 0 aliphatic carbocycles. The number of primary sulfonamides is 1. The zero-order chi connectivity index (χ0) is 10.1. The van der Waals surface area contributed by atoms with E-state index in [-0.39, 0.29) is 10.2 Å². The minimum absolute atomic E-state index is 0.0333. The molecular formula is C6H7ClN2O3S. The second kappa shape index (κ2) is 3.49. The molecular weight excluding hydrogens is 216 g/mol. The number of rotatable bonds is 2. The summed E-state index contributed by atoms with van der Waals surface area (Å²) in [6.07, 6.45) is 0. The molecule has 2 N–H and O–H groups in total. The van der Waals surface area contributed by atoms with Gasteiger partial charge in [-0.3, -0.25) is 0 Å². The van der Waals surface area contributed by atoms with Crippen LogP contribution in [0.25, 0.3) is 0 Å². The van der Waals surface area contributed by atoms with Crippen molar-refractivity contribution in [3.63, 3.8) is 0 Å². The molecule has 0 aliphatic rings. The number of ether oxygens (including phenoxy) is 1. The molecule has 0 aliphatic heterocycles. The van der Waals surface area contributed by atoms with Crippen LogP contribution in [0.4, 0.5) is 0 Å². The van der Waals surface area contributed by atoms with Crippen LogP contribution in [0, 0.1) is 0 Å². The van der Waals surface area contributed by atoms with E-state index in [0.717, 1.165) is 0 Å². The van der Waals surface area contributed by atoms with Crippen molar-refractivity contribution in [3.8, 4) is 5.75 Å². The van der Waals surface area contributed by atoms with Crippen LogP contribution >= 0.6 is 11.6 Å². The first-order valence-electron chi connectivity index (χ1n) is 3.18. The van der Waals surface area contributed by atoms with Crippen molar-refractivity contribution >= 4 is 21.6 Å². The molecule has 1 aromatic rings. The third kappa shape index (κ3) is 2.30. The summed E-state index contributed by atoms with van der Waals surface area (Å²) in [4.78, 5) is 3.54. The number of sulfonamides is 1. The molecule has 0 radical (unpaired) electrons. The van der Waals surface area contributed by atoms with E-state index in [4.69, 9.17) is 21.5 Å². The van der Waals surface area contributed by atoms with E-state index in [1.807, 2.05) is 0 Å². The van der Waals surface area contributed by atoms with Crippen LogP contribution in [0.3, 0.4) is 0 Å². The molecule has 72 valence electrons. The Balaban J connectivity index is 3.26. The third-order valence-corrected chi connectivity index (χ3v) is 2.38. The first-order valence-corrected chi connectivity index (χ1v) is 5.11. The van der Waals surface area contributed by atoms with Crippen molar-refractivity contribution in [2.24, 2.45) is 5.14 Å². The van der Waals surface area contributed by atoms with Crippen molar-refractivity contribution in [2.75, 3.05) is 7.11 Å². The monoisotopic (exact) mass is 222 g/mol. The van der Waals surface area contributed by atoms with Gasteiger partial charge in [0.15, 0.2) is 15.9 Å². The lowest BCUT2D eigenvalue weighted by Gasteiger charge is -2.02. The van der Waals surface area contributed by atoms with Crippen molar-refractivity contribution in [1.82, 2.24) is 4.98 Å². The Morgan fingerprint density at radius 2 is 2.15 bits per heavy atom. The highest BCUT2D eigenvalue weighted by atomic mass is 35.5.